The maximum Gasteiger partial charge on any atom is 0.276 e. The Morgan fingerprint density at radius 2 is 2.10 bits per heavy atom. The van der Waals surface area contributed by atoms with Crippen LogP contribution >= 0.6 is 11.6 Å². The molecule has 2 heterocycles. The van der Waals surface area contributed by atoms with Crippen LogP contribution in [0, 0.1) is 11.3 Å². The number of phenolic OH excluding ortho intramolecular Hbond substituents is 1. The zero-order valence-electron chi connectivity index (χ0n) is 10.5. The van der Waals surface area contributed by atoms with Gasteiger partial charge in [-0.3, -0.25) is 0 Å². The molecule has 0 bridgehead atoms. The summed E-state index contributed by atoms with van der Waals surface area (Å²) in [5.74, 6) is 0.442. The third-order valence-corrected chi connectivity index (χ3v) is 2.90. The Morgan fingerprint density at radius 1 is 1.24 bits per heavy atom. The van der Waals surface area contributed by atoms with E-state index in [0.717, 1.165) is 0 Å². The largest absolute Gasteiger partial charge is 0.508 e. The highest BCUT2D eigenvalue weighted by molar-refractivity contribution is 6.30. The number of nitriles is 1. The number of phenols is 1. The fourth-order valence-corrected chi connectivity index (χ4v) is 1.86. The van der Waals surface area contributed by atoms with E-state index in [4.69, 9.17) is 21.4 Å². The summed E-state index contributed by atoms with van der Waals surface area (Å²) in [7, 11) is 0. The van der Waals surface area contributed by atoms with Crippen LogP contribution in [0.3, 0.4) is 0 Å². The second-order valence-electron chi connectivity index (χ2n) is 4.17. The van der Waals surface area contributed by atoms with Crippen molar-refractivity contribution in [1.29, 1.82) is 5.26 Å². The monoisotopic (exact) mass is 298 g/mol. The molecule has 3 aromatic rings. The molecule has 0 atom stereocenters. The Hall–Kier alpha value is -2.91. The molecule has 0 amide bonds. The molecule has 0 spiro atoms. The third-order valence-electron chi connectivity index (χ3n) is 2.68. The van der Waals surface area contributed by atoms with E-state index in [0.29, 0.717) is 21.8 Å². The lowest BCUT2D eigenvalue weighted by Gasteiger charge is -1.97. The molecule has 0 radical (unpaired) electrons. The smallest absolute Gasteiger partial charge is 0.276 e. The minimum Gasteiger partial charge on any atom is -0.508 e. The third kappa shape index (κ3) is 2.68. The Labute approximate surface area is 124 Å². The number of aromatic hydroxyl groups is 1. The van der Waals surface area contributed by atoms with Crippen LogP contribution in [0.5, 0.6) is 5.75 Å². The zero-order chi connectivity index (χ0) is 14.8. The second kappa shape index (κ2) is 5.23. The minimum atomic E-state index is -0.0417. The van der Waals surface area contributed by atoms with Crippen LogP contribution in [0.2, 0.25) is 5.02 Å². The molecule has 3 rings (SSSR count). The van der Waals surface area contributed by atoms with Crippen molar-refractivity contribution in [3.63, 3.8) is 0 Å². The van der Waals surface area contributed by atoms with Gasteiger partial charge in [0.05, 0.1) is 16.7 Å². The van der Waals surface area contributed by atoms with Gasteiger partial charge in [-0.15, -0.1) is 0 Å². The Kier molecular flexibility index (Phi) is 3.26. The molecule has 0 aliphatic carbocycles. The van der Waals surface area contributed by atoms with Crippen molar-refractivity contribution in [3.8, 4) is 34.8 Å². The first-order valence-corrected chi connectivity index (χ1v) is 6.23. The predicted molar refractivity (Wildman–Crippen MR) is 74.4 cm³/mol. The van der Waals surface area contributed by atoms with Crippen molar-refractivity contribution < 1.29 is 9.63 Å². The van der Waals surface area contributed by atoms with Crippen LogP contribution in [-0.4, -0.2) is 20.2 Å². The van der Waals surface area contributed by atoms with Gasteiger partial charge in [-0.1, -0.05) is 16.8 Å². The van der Waals surface area contributed by atoms with Gasteiger partial charge in [0.15, 0.2) is 0 Å². The topological polar surface area (TPSA) is 95.8 Å². The summed E-state index contributed by atoms with van der Waals surface area (Å²) >= 11 is 5.76. The second-order valence-corrected chi connectivity index (χ2v) is 4.60. The van der Waals surface area contributed by atoms with Crippen molar-refractivity contribution in [1.82, 2.24) is 15.1 Å². The lowest BCUT2D eigenvalue weighted by atomic mass is 10.1. The standard InChI is InChI=1S/C14H7ClN4O2/c15-10-1-2-12(17-7-10)14-18-13(19-21-14)9-3-8(6-16)4-11(20)5-9/h1-5,7,20H. The first-order valence-electron chi connectivity index (χ1n) is 5.86. The predicted octanol–water partition coefficient (Wildman–Crippen LogP) is 3.03. The SMILES string of the molecule is N#Cc1cc(O)cc(-c2noc(-c3ccc(Cl)cn3)n2)c1. The number of hydrogen-bond donors (Lipinski definition) is 1. The molecular formula is C14H7ClN4O2. The fraction of sp³-hybridized carbons (Fsp3) is 0. The van der Waals surface area contributed by atoms with Crippen molar-refractivity contribution in [2.24, 2.45) is 0 Å². The van der Waals surface area contributed by atoms with Crippen LogP contribution in [0.4, 0.5) is 0 Å². The molecule has 21 heavy (non-hydrogen) atoms. The summed E-state index contributed by atoms with van der Waals surface area (Å²) in [6.45, 7) is 0. The van der Waals surface area contributed by atoms with Crippen molar-refractivity contribution in [3.05, 3.63) is 47.1 Å². The average molecular weight is 299 g/mol. The molecule has 2 aromatic heterocycles. The van der Waals surface area contributed by atoms with E-state index in [1.54, 1.807) is 18.2 Å². The molecule has 0 aliphatic rings. The number of hydrogen-bond acceptors (Lipinski definition) is 6. The molecule has 0 aliphatic heterocycles. The molecule has 7 heteroatoms. The van der Waals surface area contributed by atoms with Gasteiger partial charge in [0, 0.05) is 11.8 Å². The maximum atomic E-state index is 9.58. The van der Waals surface area contributed by atoms with Gasteiger partial charge in [-0.05, 0) is 30.3 Å². The minimum absolute atomic E-state index is 0.0417. The van der Waals surface area contributed by atoms with Crippen molar-refractivity contribution in [2.45, 2.75) is 0 Å². The van der Waals surface area contributed by atoms with Gasteiger partial charge in [0.2, 0.25) is 5.82 Å². The summed E-state index contributed by atoms with van der Waals surface area (Å²) < 4.78 is 5.13. The summed E-state index contributed by atoms with van der Waals surface area (Å²) in [5.41, 5.74) is 1.27. The molecule has 1 N–H and O–H groups in total. The van der Waals surface area contributed by atoms with Gasteiger partial charge in [0.1, 0.15) is 11.4 Å². The summed E-state index contributed by atoms with van der Waals surface area (Å²) in [4.78, 5) is 8.27. The van der Waals surface area contributed by atoms with E-state index in [-0.39, 0.29) is 17.5 Å². The van der Waals surface area contributed by atoms with Gasteiger partial charge >= 0.3 is 0 Å². The molecule has 0 saturated carbocycles. The van der Waals surface area contributed by atoms with Gasteiger partial charge in [0.25, 0.3) is 5.89 Å². The Balaban J connectivity index is 2.00. The summed E-state index contributed by atoms with van der Waals surface area (Å²) in [6, 6.07) is 9.63. The van der Waals surface area contributed by atoms with E-state index in [1.807, 2.05) is 6.07 Å². The van der Waals surface area contributed by atoms with Crippen LogP contribution in [0.15, 0.2) is 41.1 Å². The molecule has 102 valence electrons. The normalized spacial score (nSPS) is 10.3. The average Bonchev–Trinajstić information content (AvgIpc) is 2.97. The lowest BCUT2D eigenvalue weighted by Crippen LogP contribution is -1.85. The highest BCUT2D eigenvalue weighted by atomic mass is 35.5. The molecule has 0 fully saturated rings. The Bertz CT molecular complexity index is 837. The van der Waals surface area contributed by atoms with E-state index in [9.17, 15) is 5.11 Å². The number of nitrogens with zero attached hydrogens (tertiary/aromatic N) is 4. The van der Waals surface area contributed by atoms with Gasteiger partial charge < -0.3 is 9.63 Å². The van der Waals surface area contributed by atoms with Crippen molar-refractivity contribution in [2.75, 3.05) is 0 Å². The molecule has 1 aromatic carbocycles. The first-order chi connectivity index (χ1) is 10.2. The molecular weight excluding hydrogens is 292 g/mol. The maximum absolute atomic E-state index is 9.58. The molecule has 6 nitrogen and oxygen atoms in total. The van der Waals surface area contributed by atoms with E-state index in [1.165, 1.54) is 18.3 Å². The van der Waals surface area contributed by atoms with Gasteiger partial charge in [-0.25, -0.2) is 4.98 Å². The lowest BCUT2D eigenvalue weighted by molar-refractivity contribution is 0.431. The van der Waals surface area contributed by atoms with Crippen LogP contribution in [0.1, 0.15) is 5.56 Å². The molecule has 0 saturated heterocycles. The highest BCUT2D eigenvalue weighted by Gasteiger charge is 2.13. The highest BCUT2D eigenvalue weighted by Crippen LogP contribution is 2.25. The van der Waals surface area contributed by atoms with Crippen LogP contribution < -0.4 is 0 Å². The fourth-order valence-electron chi connectivity index (χ4n) is 1.75. The Morgan fingerprint density at radius 3 is 2.81 bits per heavy atom. The quantitative estimate of drug-likeness (QED) is 0.781. The first kappa shape index (κ1) is 13.1. The van der Waals surface area contributed by atoms with E-state index in [2.05, 4.69) is 15.1 Å². The zero-order valence-corrected chi connectivity index (χ0v) is 11.2. The number of benzene rings is 1. The summed E-state index contributed by atoms with van der Waals surface area (Å²) in [5, 5.41) is 22.8. The van der Waals surface area contributed by atoms with E-state index < -0.39 is 0 Å². The number of rotatable bonds is 2. The number of halogens is 1. The van der Waals surface area contributed by atoms with Crippen LogP contribution in [-0.2, 0) is 0 Å². The molecule has 0 unspecified atom stereocenters. The number of pyridine rings is 1. The van der Waals surface area contributed by atoms with Gasteiger partial charge in [-0.2, -0.15) is 10.2 Å². The van der Waals surface area contributed by atoms with E-state index >= 15 is 0 Å². The van der Waals surface area contributed by atoms with Crippen LogP contribution in [0.25, 0.3) is 23.0 Å². The van der Waals surface area contributed by atoms with Crippen molar-refractivity contribution >= 4 is 11.6 Å². The summed E-state index contributed by atoms with van der Waals surface area (Å²) in [6.07, 6.45) is 1.48. The number of aromatic nitrogens is 3.